The molecule has 1 fully saturated rings. The summed E-state index contributed by atoms with van der Waals surface area (Å²) in [6.07, 6.45) is 1.57. The fraction of sp³-hybridized carbons (Fsp3) is 0.889. The molecule has 0 N–H and O–H groups in total. The van der Waals surface area contributed by atoms with Gasteiger partial charge in [-0.05, 0) is 19.8 Å². The summed E-state index contributed by atoms with van der Waals surface area (Å²) >= 11 is 11.1. The van der Waals surface area contributed by atoms with Crippen LogP contribution in [-0.2, 0) is 9.53 Å². The first-order valence-electron chi connectivity index (χ1n) is 4.75. The number of alkyl halides is 2. The molecule has 1 rings (SSSR count). The molecule has 5 heteroatoms. The number of hydrogen-bond acceptors (Lipinski definition) is 2. The lowest BCUT2D eigenvalue weighted by Gasteiger charge is -2.44. The molecule has 0 spiro atoms. The van der Waals surface area contributed by atoms with Gasteiger partial charge in [-0.3, -0.25) is 4.79 Å². The van der Waals surface area contributed by atoms with Crippen LogP contribution in [0.5, 0.6) is 0 Å². The lowest BCUT2D eigenvalue weighted by Crippen LogP contribution is -2.56. The Morgan fingerprint density at radius 1 is 1.64 bits per heavy atom. The highest BCUT2D eigenvalue weighted by atomic mass is 35.5. The zero-order valence-corrected chi connectivity index (χ0v) is 9.94. The van der Waals surface area contributed by atoms with Gasteiger partial charge in [-0.1, -0.05) is 30.1 Å². The first kappa shape index (κ1) is 12.1. The van der Waals surface area contributed by atoms with Crippen LogP contribution in [-0.4, -0.2) is 34.5 Å². The van der Waals surface area contributed by atoms with Gasteiger partial charge < -0.3 is 9.64 Å². The summed E-state index contributed by atoms with van der Waals surface area (Å²) in [5.74, 6) is -0.266. The Morgan fingerprint density at radius 3 is 2.79 bits per heavy atom. The Hall–Kier alpha value is 0.01000. The average Bonchev–Trinajstić information content (AvgIpc) is 2.17. The van der Waals surface area contributed by atoms with E-state index < -0.39 is 10.6 Å². The topological polar surface area (TPSA) is 29.5 Å². The van der Waals surface area contributed by atoms with Crippen LogP contribution in [0.25, 0.3) is 0 Å². The summed E-state index contributed by atoms with van der Waals surface area (Å²) in [6, 6.07) is 0. The summed E-state index contributed by atoms with van der Waals surface area (Å²) < 4.78 is 5.59. The number of carbonyl (C=O) groups is 1. The van der Waals surface area contributed by atoms with E-state index >= 15 is 0 Å². The Morgan fingerprint density at radius 2 is 2.29 bits per heavy atom. The van der Waals surface area contributed by atoms with Gasteiger partial charge in [-0.15, -0.1) is 0 Å². The van der Waals surface area contributed by atoms with E-state index in [9.17, 15) is 4.79 Å². The van der Waals surface area contributed by atoms with Gasteiger partial charge in [0.2, 0.25) is 0 Å². The van der Waals surface area contributed by atoms with E-state index in [4.69, 9.17) is 27.9 Å². The third-order valence-electron chi connectivity index (χ3n) is 2.62. The molecule has 3 nitrogen and oxygen atoms in total. The molecule has 1 amide bonds. The van der Waals surface area contributed by atoms with Crippen molar-refractivity contribution in [1.82, 2.24) is 4.90 Å². The van der Waals surface area contributed by atoms with Crippen LogP contribution in [0.4, 0.5) is 0 Å². The second-order valence-electron chi connectivity index (χ2n) is 3.52. The van der Waals surface area contributed by atoms with Crippen molar-refractivity contribution in [2.75, 3.05) is 13.2 Å². The molecule has 1 heterocycles. The van der Waals surface area contributed by atoms with Gasteiger partial charge in [0, 0.05) is 6.54 Å². The molecule has 0 bridgehead atoms. The molecule has 0 saturated carbocycles. The second kappa shape index (κ2) is 4.69. The number of carbonyl (C=O) groups excluding carboxylic acids is 1. The molecule has 0 aromatic carbocycles. The predicted octanol–water partition coefficient (Wildman–Crippen LogP) is 2.17. The van der Waals surface area contributed by atoms with Crippen molar-refractivity contribution >= 4 is 29.1 Å². The van der Waals surface area contributed by atoms with Crippen LogP contribution in [0.15, 0.2) is 0 Å². The van der Waals surface area contributed by atoms with E-state index in [0.717, 1.165) is 12.8 Å². The summed E-state index contributed by atoms with van der Waals surface area (Å²) in [7, 11) is 0. The van der Waals surface area contributed by atoms with Gasteiger partial charge in [-0.2, -0.15) is 0 Å². The van der Waals surface area contributed by atoms with Crippen LogP contribution in [0.2, 0.25) is 0 Å². The van der Waals surface area contributed by atoms with E-state index in [1.54, 1.807) is 4.90 Å². The van der Waals surface area contributed by atoms with E-state index in [-0.39, 0.29) is 5.91 Å². The van der Waals surface area contributed by atoms with Gasteiger partial charge in [0.25, 0.3) is 5.91 Å². The molecule has 0 radical (unpaired) electrons. The van der Waals surface area contributed by atoms with E-state index in [0.29, 0.717) is 13.2 Å². The SMILES string of the molecule is CCC1(C)OCCCN1C(=O)C(Cl)Cl. The van der Waals surface area contributed by atoms with Crippen LogP contribution >= 0.6 is 23.2 Å². The number of amides is 1. The third kappa shape index (κ3) is 2.33. The average molecular weight is 240 g/mol. The Bertz CT molecular complexity index is 223. The zero-order chi connectivity index (χ0) is 10.8. The lowest BCUT2D eigenvalue weighted by atomic mass is 10.1. The second-order valence-corrected chi connectivity index (χ2v) is 4.62. The van der Waals surface area contributed by atoms with Gasteiger partial charge in [-0.25, -0.2) is 0 Å². The monoisotopic (exact) mass is 239 g/mol. The minimum atomic E-state index is -0.998. The molecule has 0 aliphatic carbocycles. The zero-order valence-electron chi connectivity index (χ0n) is 8.43. The molecule has 1 aliphatic heterocycles. The van der Waals surface area contributed by atoms with Crippen LogP contribution in [0.1, 0.15) is 26.7 Å². The highest BCUT2D eigenvalue weighted by molar-refractivity contribution is 6.53. The molecule has 1 unspecified atom stereocenters. The van der Waals surface area contributed by atoms with Gasteiger partial charge in [0.1, 0.15) is 5.72 Å². The number of nitrogens with zero attached hydrogens (tertiary/aromatic N) is 1. The molecule has 0 aromatic rings. The third-order valence-corrected chi connectivity index (χ3v) is 2.99. The van der Waals surface area contributed by atoms with Crippen molar-refractivity contribution in [1.29, 1.82) is 0 Å². The van der Waals surface area contributed by atoms with E-state index in [1.807, 2.05) is 13.8 Å². The van der Waals surface area contributed by atoms with E-state index in [2.05, 4.69) is 0 Å². The maximum Gasteiger partial charge on any atom is 0.258 e. The smallest absolute Gasteiger partial charge is 0.258 e. The molecular formula is C9H15Cl2NO2. The first-order valence-corrected chi connectivity index (χ1v) is 5.62. The molecule has 1 saturated heterocycles. The van der Waals surface area contributed by atoms with Crippen molar-refractivity contribution in [2.24, 2.45) is 0 Å². The Kier molecular flexibility index (Phi) is 4.04. The maximum absolute atomic E-state index is 11.7. The largest absolute Gasteiger partial charge is 0.356 e. The highest BCUT2D eigenvalue weighted by Crippen LogP contribution is 2.27. The minimum absolute atomic E-state index is 0.266. The quantitative estimate of drug-likeness (QED) is 0.692. The van der Waals surface area contributed by atoms with Crippen molar-refractivity contribution in [2.45, 2.75) is 37.3 Å². The van der Waals surface area contributed by atoms with Gasteiger partial charge in [0.15, 0.2) is 4.84 Å². The van der Waals surface area contributed by atoms with Gasteiger partial charge >= 0.3 is 0 Å². The summed E-state index contributed by atoms with van der Waals surface area (Å²) in [5.41, 5.74) is -0.544. The molecular weight excluding hydrogens is 225 g/mol. The normalized spacial score (nSPS) is 28.2. The molecule has 1 aliphatic rings. The van der Waals surface area contributed by atoms with Gasteiger partial charge in [0.05, 0.1) is 6.61 Å². The summed E-state index contributed by atoms with van der Waals surface area (Å²) in [5, 5.41) is 0. The minimum Gasteiger partial charge on any atom is -0.356 e. The summed E-state index contributed by atoms with van der Waals surface area (Å²) in [6.45, 7) is 5.21. The Labute approximate surface area is 94.3 Å². The molecule has 82 valence electrons. The Balaban J connectivity index is 2.77. The van der Waals surface area contributed by atoms with Crippen molar-refractivity contribution in [3.63, 3.8) is 0 Å². The lowest BCUT2D eigenvalue weighted by molar-refractivity contribution is -0.187. The molecule has 0 aromatic heterocycles. The first-order chi connectivity index (χ1) is 6.51. The number of hydrogen-bond donors (Lipinski definition) is 0. The predicted molar refractivity (Wildman–Crippen MR) is 56.5 cm³/mol. The highest BCUT2D eigenvalue weighted by Gasteiger charge is 2.38. The summed E-state index contributed by atoms with van der Waals surface area (Å²) in [4.78, 5) is 12.3. The number of halogens is 2. The number of rotatable bonds is 2. The molecule has 14 heavy (non-hydrogen) atoms. The standard InChI is InChI=1S/C9H15Cl2NO2/c1-3-9(2)12(5-4-6-14-9)8(13)7(10)11/h7H,3-6H2,1-2H3. The van der Waals surface area contributed by atoms with Crippen LogP contribution in [0, 0.1) is 0 Å². The maximum atomic E-state index is 11.7. The van der Waals surface area contributed by atoms with Crippen LogP contribution in [0.3, 0.4) is 0 Å². The fourth-order valence-corrected chi connectivity index (χ4v) is 1.82. The van der Waals surface area contributed by atoms with Crippen LogP contribution < -0.4 is 0 Å². The van der Waals surface area contributed by atoms with E-state index in [1.165, 1.54) is 0 Å². The van der Waals surface area contributed by atoms with Crippen molar-refractivity contribution in [3.8, 4) is 0 Å². The van der Waals surface area contributed by atoms with Crippen molar-refractivity contribution in [3.05, 3.63) is 0 Å². The van der Waals surface area contributed by atoms with Crippen molar-refractivity contribution < 1.29 is 9.53 Å². The fourth-order valence-electron chi connectivity index (χ4n) is 1.58. The molecule has 1 atom stereocenters. The number of ether oxygens (including phenoxy) is 1.